The molecule has 0 bridgehead atoms. The monoisotopic (exact) mass is 315 g/mol. The summed E-state index contributed by atoms with van der Waals surface area (Å²) in [5.41, 5.74) is -0.0350. The number of thiazole rings is 1. The third kappa shape index (κ3) is 2.36. The molecule has 0 aromatic carbocycles. The van der Waals surface area contributed by atoms with Gasteiger partial charge in [0, 0.05) is 26.1 Å². The van der Waals surface area contributed by atoms with Crippen molar-refractivity contribution in [3.63, 3.8) is 0 Å². The summed E-state index contributed by atoms with van der Waals surface area (Å²) in [6.07, 6.45) is 3.44. The van der Waals surface area contributed by atoms with Crippen molar-refractivity contribution >= 4 is 27.3 Å². The first-order valence-electron chi connectivity index (χ1n) is 6.61. The molecule has 3 heterocycles. The van der Waals surface area contributed by atoms with E-state index in [1.165, 1.54) is 21.8 Å². The Balaban J connectivity index is 1.73. The van der Waals surface area contributed by atoms with Gasteiger partial charge in [0.15, 0.2) is 4.21 Å². The second-order valence-electron chi connectivity index (χ2n) is 5.56. The van der Waals surface area contributed by atoms with E-state index in [1.807, 2.05) is 0 Å². The van der Waals surface area contributed by atoms with E-state index in [9.17, 15) is 13.2 Å². The van der Waals surface area contributed by atoms with Gasteiger partial charge in [-0.2, -0.15) is 4.31 Å². The number of hydrogen-bond donors (Lipinski definition) is 1. The zero-order valence-corrected chi connectivity index (χ0v) is 12.9. The fraction of sp³-hybridized carbons (Fsp3) is 0.667. The van der Waals surface area contributed by atoms with E-state index >= 15 is 0 Å². The molecule has 6 nitrogen and oxygen atoms in total. The number of nitrogens with zero attached hydrogens (tertiary/aromatic N) is 2. The van der Waals surface area contributed by atoms with Crippen molar-refractivity contribution in [2.45, 2.75) is 30.4 Å². The molecule has 1 aromatic heterocycles. The highest BCUT2D eigenvalue weighted by atomic mass is 32.2. The Hall–Kier alpha value is -0.990. The van der Waals surface area contributed by atoms with Crippen LogP contribution in [0.2, 0.25) is 0 Å². The molecular weight excluding hydrogens is 298 g/mol. The lowest BCUT2D eigenvalue weighted by Crippen LogP contribution is -2.43. The number of aryl methyl sites for hydroxylation is 1. The molecule has 2 aliphatic rings. The van der Waals surface area contributed by atoms with E-state index in [-0.39, 0.29) is 11.3 Å². The molecule has 3 rings (SSSR count). The molecule has 110 valence electrons. The van der Waals surface area contributed by atoms with E-state index in [2.05, 4.69) is 10.3 Å². The van der Waals surface area contributed by atoms with Gasteiger partial charge in [0.05, 0.1) is 11.2 Å². The maximum atomic E-state index is 12.5. The fourth-order valence-corrected chi connectivity index (χ4v) is 5.60. The molecule has 1 aromatic rings. The van der Waals surface area contributed by atoms with Gasteiger partial charge < -0.3 is 5.32 Å². The number of carbonyl (C=O) groups excluding carboxylic acids is 1. The average Bonchev–Trinajstić information content (AvgIpc) is 2.98. The zero-order chi connectivity index (χ0) is 14.4. The van der Waals surface area contributed by atoms with Crippen LogP contribution in [0.25, 0.3) is 0 Å². The Morgan fingerprint density at radius 3 is 2.60 bits per heavy atom. The van der Waals surface area contributed by atoms with E-state index in [0.29, 0.717) is 30.3 Å². The lowest BCUT2D eigenvalue weighted by Gasteiger charge is -2.37. The van der Waals surface area contributed by atoms with Crippen molar-refractivity contribution in [1.82, 2.24) is 14.6 Å². The van der Waals surface area contributed by atoms with Gasteiger partial charge in [-0.05, 0) is 25.2 Å². The van der Waals surface area contributed by atoms with Gasteiger partial charge in [-0.15, -0.1) is 11.3 Å². The summed E-state index contributed by atoms with van der Waals surface area (Å²) >= 11 is 1.21. The molecule has 1 spiro atoms. The molecule has 0 atom stereocenters. The van der Waals surface area contributed by atoms with Gasteiger partial charge in [0.2, 0.25) is 5.91 Å². The minimum Gasteiger partial charge on any atom is -0.356 e. The summed E-state index contributed by atoms with van der Waals surface area (Å²) in [6, 6.07) is 0. The number of nitrogens with one attached hydrogen (secondary N) is 1. The Morgan fingerprint density at radius 1 is 1.40 bits per heavy atom. The summed E-state index contributed by atoms with van der Waals surface area (Å²) in [7, 11) is -3.42. The Bertz CT molecular complexity index is 630. The first kappa shape index (κ1) is 14.0. The van der Waals surface area contributed by atoms with Crippen molar-refractivity contribution in [2.75, 3.05) is 19.6 Å². The van der Waals surface area contributed by atoms with Crippen LogP contribution in [0.3, 0.4) is 0 Å². The number of aromatic nitrogens is 1. The van der Waals surface area contributed by atoms with Crippen LogP contribution in [-0.4, -0.2) is 43.2 Å². The quantitative estimate of drug-likeness (QED) is 0.873. The second-order valence-corrected chi connectivity index (χ2v) is 8.96. The van der Waals surface area contributed by atoms with Crippen LogP contribution >= 0.6 is 11.3 Å². The molecule has 0 saturated carbocycles. The molecule has 2 aliphatic heterocycles. The minimum absolute atomic E-state index is 0.0350. The van der Waals surface area contributed by atoms with Gasteiger partial charge in [-0.3, -0.25) is 4.79 Å². The largest absolute Gasteiger partial charge is 0.356 e. The summed E-state index contributed by atoms with van der Waals surface area (Å²) in [5.74, 6) is 0.0828. The van der Waals surface area contributed by atoms with Gasteiger partial charge in [-0.25, -0.2) is 13.4 Å². The van der Waals surface area contributed by atoms with Gasteiger partial charge in [-0.1, -0.05) is 0 Å². The number of sulfonamides is 1. The smallest absolute Gasteiger partial charge is 0.254 e. The Kier molecular flexibility index (Phi) is 3.34. The highest BCUT2D eigenvalue weighted by Crippen LogP contribution is 2.39. The van der Waals surface area contributed by atoms with Crippen LogP contribution in [0, 0.1) is 12.3 Å². The van der Waals surface area contributed by atoms with Crippen molar-refractivity contribution in [1.29, 1.82) is 0 Å². The molecule has 1 N–H and O–H groups in total. The van der Waals surface area contributed by atoms with Crippen molar-refractivity contribution < 1.29 is 13.2 Å². The molecule has 2 fully saturated rings. The number of rotatable bonds is 2. The standard InChI is InChI=1S/C12H17N3O3S2/c1-9-13-7-11(19-9)20(17,18)15-4-2-12(3-5-15)6-10(16)14-8-12/h7H,2-6,8H2,1H3,(H,14,16). The molecule has 0 aliphatic carbocycles. The number of hydrogen-bond acceptors (Lipinski definition) is 5. The molecule has 20 heavy (non-hydrogen) atoms. The van der Waals surface area contributed by atoms with Crippen LogP contribution in [0.15, 0.2) is 10.4 Å². The molecule has 1 amide bonds. The van der Waals surface area contributed by atoms with Gasteiger partial charge in [0.25, 0.3) is 10.0 Å². The van der Waals surface area contributed by atoms with Gasteiger partial charge in [0.1, 0.15) is 0 Å². The van der Waals surface area contributed by atoms with Crippen LogP contribution < -0.4 is 5.32 Å². The maximum Gasteiger partial charge on any atom is 0.254 e. The van der Waals surface area contributed by atoms with Crippen molar-refractivity contribution in [3.8, 4) is 0 Å². The lowest BCUT2D eigenvalue weighted by atomic mass is 9.78. The lowest BCUT2D eigenvalue weighted by molar-refractivity contribution is -0.119. The number of piperidine rings is 1. The predicted octanol–water partition coefficient (Wildman–Crippen LogP) is 0.742. The zero-order valence-electron chi connectivity index (χ0n) is 11.3. The third-order valence-electron chi connectivity index (χ3n) is 4.17. The summed E-state index contributed by atoms with van der Waals surface area (Å²) in [6.45, 7) is 3.44. The minimum atomic E-state index is -3.42. The van der Waals surface area contributed by atoms with Crippen molar-refractivity contribution in [3.05, 3.63) is 11.2 Å². The van der Waals surface area contributed by atoms with Crippen LogP contribution in [0.5, 0.6) is 0 Å². The first-order valence-corrected chi connectivity index (χ1v) is 8.86. The Morgan fingerprint density at radius 2 is 2.10 bits per heavy atom. The Labute approximate surface area is 122 Å². The third-order valence-corrected chi connectivity index (χ3v) is 7.42. The molecule has 0 radical (unpaired) electrons. The van der Waals surface area contributed by atoms with Crippen molar-refractivity contribution in [2.24, 2.45) is 5.41 Å². The highest BCUT2D eigenvalue weighted by Gasteiger charge is 2.43. The molecular formula is C12H17N3O3S2. The first-order chi connectivity index (χ1) is 9.41. The highest BCUT2D eigenvalue weighted by molar-refractivity contribution is 7.91. The molecule has 0 unspecified atom stereocenters. The summed E-state index contributed by atoms with van der Waals surface area (Å²) in [5, 5.41) is 3.61. The van der Waals surface area contributed by atoms with E-state index < -0.39 is 10.0 Å². The predicted molar refractivity (Wildman–Crippen MR) is 74.9 cm³/mol. The second kappa shape index (κ2) is 4.78. The topological polar surface area (TPSA) is 79.4 Å². The normalized spacial score (nSPS) is 23.1. The van der Waals surface area contributed by atoms with E-state index in [0.717, 1.165) is 17.8 Å². The van der Waals surface area contributed by atoms with Gasteiger partial charge >= 0.3 is 0 Å². The SMILES string of the molecule is Cc1ncc(S(=O)(=O)N2CCC3(CC2)CNC(=O)C3)s1. The maximum absolute atomic E-state index is 12.5. The number of amides is 1. The van der Waals surface area contributed by atoms with E-state index in [4.69, 9.17) is 0 Å². The average molecular weight is 315 g/mol. The van der Waals surface area contributed by atoms with E-state index in [1.54, 1.807) is 6.92 Å². The fourth-order valence-electron chi connectivity index (χ4n) is 2.89. The molecule has 8 heteroatoms. The van der Waals surface area contributed by atoms with Crippen LogP contribution in [0.4, 0.5) is 0 Å². The molecule has 2 saturated heterocycles. The van der Waals surface area contributed by atoms with Crippen LogP contribution in [-0.2, 0) is 14.8 Å². The number of carbonyl (C=O) groups is 1. The summed E-state index contributed by atoms with van der Waals surface area (Å²) < 4.78 is 26.8. The van der Waals surface area contributed by atoms with Crippen LogP contribution in [0.1, 0.15) is 24.3 Å². The summed E-state index contributed by atoms with van der Waals surface area (Å²) in [4.78, 5) is 15.4.